The molecule has 2 heterocycles. The summed E-state index contributed by atoms with van der Waals surface area (Å²) >= 11 is 0. The van der Waals surface area contributed by atoms with E-state index in [4.69, 9.17) is 0 Å². The van der Waals surface area contributed by atoms with Crippen LogP contribution in [0.15, 0.2) is 30.7 Å². The van der Waals surface area contributed by atoms with E-state index in [9.17, 15) is 4.79 Å². The van der Waals surface area contributed by atoms with E-state index >= 15 is 0 Å². The van der Waals surface area contributed by atoms with Crippen LogP contribution in [-0.2, 0) is 0 Å². The minimum atomic E-state index is -0.120. The van der Waals surface area contributed by atoms with Gasteiger partial charge in [0.1, 0.15) is 0 Å². The van der Waals surface area contributed by atoms with E-state index in [1.165, 1.54) is 0 Å². The van der Waals surface area contributed by atoms with Gasteiger partial charge in [0.2, 0.25) is 5.78 Å². The molecule has 0 bridgehead atoms. The van der Waals surface area contributed by atoms with Crippen LogP contribution in [0.2, 0.25) is 0 Å². The first-order chi connectivity index (χ1) is 5.88. The van der Waals surface area contributed by atoms with Gasteiger partial charge in [0, 0.05) is 18.6 Å². The highest BCUT2D eigenvalue weighted by atomic mass is 16.1. The van der Waals surface area contributed by atoms with Gasteiger partial charge in [-0.25, -0.2) is 4.98 Å². The number of aromatic amines is 2. The first-order valence-corrected chi connectivity index (χ1v) is 3.55. The maximum Gasteiger partial charge on any atom is 0.244 e. The van der Waals surface area contributed by atoms with Crippen LogP contribution in [0.3, 0.4) is 0 Å². The van der Waals surface area contributed by atoms with Gasteiger partial charge >= 0.3 is 0 Å². The summed E-state index contributed by atoms with van der Waals surface area (Å²) in [6.45, 7) is 0. The second kappa shape index (κ2) is 2.65. The smallest absolute Gasteiger partial charge is 0.244 e. The fraction of sp³-hybridized carbons (Fsp3) is 0. The second-order valence-corrected chi connectivity index (χ2v) is 2.35. The molecule has 2 aromatic rings. The van der Waals surface area contributed by atoms with Crippen LogP contribution < -0.4 is 0 Å². The molecule has 0 unspecified atom stereocenters. The molecule has 0 amide bonds. The number of nitrogens with zero attached hydrogens (tertiary/aromatic N) is 1. The molecule has 0 radical (unpaired) electrons. The number of imidazole rings is 1. The Morgan fingerprint density at radius 2 is 2.25 bits per heavy atom. The average molecular weight is 161 g/mol. The topological polar surface area (TPSA) is 61.5 Å². The molecule has 2 N–H and O–H groups in total. The highest BCUT2D eigenvalue weighted by Crippen LogP contribution is 2.01. The molecule has 0 fully saturated rings. The molecule has 0 aromatic carbocycles. The fourth-order valence-electron chi connectivity index (χ4n) is 0.989. The molecule has 4 nitrogen and oxygen atoms in total. The van der Waals surface area contributed by atoms with Crippen molar-refractivity contribution in [2.45, 2.75) is 0 Å². The van der Waals surface area contributed by atoms with E-state index in [0.717, 1.165) is 0 Å². The number of nitrogens with one attached hydrogen (secondary N) is 2. The number of carbonyl (C=O) groups excluding carboxylic acids is 1. The van der Waals surface area contributed by atoms with E-state index in [0.29, 0.717) is 11.5 Å². The Morgan fingerprint density at radius 1 is 1.33 bits per heavy atom. The Morgan fingerprint density at radius 3 is 2.83 bits per heavy atom. The first-order valence-electron chi connectivity index (χ1n) is 3.55. The van der Waals surface area contributed by atoms with E-state index in [1.807, 2.05) is 0 Å². The zero-order chi connectivity index (χ0) is 8.39. The van der Waals surface area contributed by atoms with Crippen LogP contribution in [0.1, 0.15) is 16.3 Å². The van der Waals surface area contributed by atoms with Crippen molar-refractivity contribution in [2.24, 2.45) is 0 Å². The zero-order valence-corrected chi connectivity index (χ0v) is 6.24. The summed E-state index contributed by atoms with van der Waals surface area (Å²) in [6.07, 6.45) is 4.88. The lowest BCUT2D eigenvalue weighted by atomic mass is 10.3. The number of aromatic nitrogens is 3. The predicted octanol–water partition coefficient (Wildman–Crippen LogP) is 0.969. The van der Waals surface area contributed by atoms with Gasteiger partial charge in [-0.15, -0.1) is 0 Å². The van der Waals surface area contributed by atoms with Crippen molar-refractivity contribution >= 4 is 5.78 Å². The van der Waals surface area contributed by atoms with Crippen LogP contribution in [-0.4, -0.2) is 20.7 Å². The molecular weight excluding hydrogens is 154 g/mol. The van der Waals surface area contributed by atoms with Gasteiger partial charge in [0.25, 0.3) is 0 Å². The minimum Gasteiger partial charge on any atom is -0.358 e. The lowest BCUT2D eigenvalue weighted by molar-refractivity contribution is 0.102. The average Bonchev–Trinajstić information content (AvgIpc) is 2.77. The SMILES string of the molecule is O=C(c1ccc[nH]1)c1ncc[nH]1. The van der Waals surface area contributed by atoms with Crippen molar-refractivity contribution in [3.63, 3.8) is 0 Å². The number of carbonyl (C=O) groups is 1. The van der Waals surface area contributed by atoms with Crippen molar-refractivity contribution < 1.29 is 4.79 Å². The van der Waals surface area contributed by atoms with E-state index in [2.05, 4.69) is 15.0 Å². The number of rotatable bonds is 2. The predicted molar refractivity (Wildman–Crippen MR) is 42.8 cm³/mol. The van der Waals surface area contributed by atoms with Gasteiger partial charge in [0.15, 0.2) is 5.82 Å². The van der Waals surface area contributed by atoms with Crippen LogP contribution >= 0.6 is 0 Å². The lowest BCUT2D eigenvalue weighted by Gasteiger charge is -1.90. The maximum absolute atomic E-state index is 11.4. The molecule has 0 aliphatic carbocycles. The van der Waals surface area contributed by atoms with Crippen molar-refractivity contribution in [1.29, 1.82) is 0 Å². The molecule has 2 rings (SSSR count). The van der Waals surface area contributed by atoms with Gasteiger partial charge in [0.05, 0.1) is 5.69 Å². The summed E-state index contributed by atoms with van der Waals surface area (Å²) in [4.78, 5) is 20.9. The number of H-pyrrole nitrogens is 2. The highest BCUT2D eigenvalue weighted by Gasteiger charge is 2.10. The summed E-state index contributed by atoms with van der Waals surface area (Å²) in [5.41, 5.74) is 0.546. The summed E-state index contributed by atoms with van der Waals surface area (Å²) in [5, 5.41) is 0. The van der Waals surface area contributed by atoms with Gasteiger partial charge in [-0.1, -0.05) is 0 Å². The molecule has 0 spiro atoms. The fourth-order valence-corrected chi connectivity index (χ4v) is 0.989. The summed E-state index contributed by atoms with van der Waals surface area (Å²) in [5.74, 6) is 0.238. The Bertz CT molecular complexity index is 325. The van der Waals surface area contributed by atoms with Crippen LogP contribution in [0.4, 0.5) is 0 Å². The largest absolute Gasteiger partial charge is 0.358 e. The standard InChI is InChI=1S/C8H7N3O/c12-7(6-2-1-3-9-6)8-10-4-5-11-8/h1-5,9H,(H,10,11). The first kappa shape index (κ1) is 6.84. The molecule has 12 heavy (non-hydrogen) atoms. The van der Waals surface area contributed by atoms with Crippen molar-refractivity contribution in [3.8, 4) is 0 Å². The molecule has 0 aliphatic rings. The molecule has 0 saturated heterocycles. The zero-order valence-electron chi connectivity index (χ0n) is 6.24. The third-order valence-corrected chi connectivity index (χ3v) is 1.56. The van der Waals surface area contributed by atoms with Crippen LogP contribution in [0, 0.1) is 0 Å². The molecule has 4 heteroatoms. The normalized spacial score (nSPS) is 10.0. The van der Waals surface area contributed by atoms with Gasteiger partial charge in [-0.2, -0.15) is 0 Å². The number of ketones is 1. The number of hydrogen-bond acceptors (Lipinski definition) is 2. The van der Waals surface area contributed by atoms with E-state index in [-0.39, 0.29) is 5.78 Å². The lowest BCUT2D eigenvalue weighted by Crippen LogP contribution is -2.03. The third-order valence-electron chi connectivity index (χ3n) is 1.56. The van der Waals surface area contributed by atoms with Gasteiger partial charge in [-0.3, -0.25) is 4.79 Å². The Hall–Kier alpha value is -1.84. The molecule has 60 valence electrons. The molecule has 2 aromatic heterocycles. The Labute approximate surface area is 68.7 Å². The quantitative estimate of drug-likeness (QED) is 0.644. The minimum absolute atomic E-state index is 0.120. The van der Waals surface area contributed by atoms with Crippen molar-refractivity contribution in [2.75, 3.05) is 0 Å². The van der Waals surface area contributed by atoms with Crippen molar-refractivity contribution in [1.82, 2.24) is 15.0 Å². The Balaban J connectivity index is 2.34. The molecule has 0 aliphatic heterocycles. The maximum atomic E-state index is 11.4. The third kappa shape index (κ3) is 1.03. The molecular formula is C8H7N3O. The highest BCUT2D eigenvalue weighted by molar-refractivity contribution is 6.05. The van der Waals surface area contributed by atoms with E-state index in [1.54, 1.807) is 30.7 Å². The Kier molecular flexibility index (Phi) is 1.51. The van der Waals surface area contributed by atoms with E-state index < -0.39 is 0 Å². The summed E-state index contributed by atoms with van der Waals surface area (Å²) < 4.78 is 0. The summed E-state index contributed by atoms with van der Waals surface area (Å²) in [6, 6.07) is 3.49. The monoisotopic (exact) mass is 161 g/mol. The van der Waals surface area contributed by atoms with Crippen LogP contribution in [0.25, 0.3) is 0 Å². The second-order valence-electron chi connectivity index (χ2n) is 2.35. The van der Waals surface area contributed by atoms with Crippen LogP contribution in [0.5, 0.6) is 0 Å². The molecule has 0 atom stereocenters. The number of hydrogen-bond donors (Lipinski definition) is 2. The summed E-state index contributed by atoms with van der Waals surface area (Å²) in [7, 11) is 0. The van der Waals surface area contributed by atoms with Gasteiger partial charge in [-0.05, 0) is 12.1 Å². The molecule has 0 saturated carbocycles. The van der Waals surface area contributed by atoms with Gasteiger partial charge < -0.3 is 9.97 Å². The van der Waals surface area contributed by atoms with Crippen molar-refractivity contribution in [3.05, 3.63) is 42.2 Å².